The van der Waals surface area contributed by atoms with Crippen LogP contribution in [0.3, 0.4) is 0 Å². The Bertz CT molecular complexity index is 369. The van der Waals surface area contributed by atoms with Gasteiger partial charge in [-0.25, -0.2) is 0 Å². The zero-order valence-electron chi connectivity index (χ0n) is 10.4. The van der Waals surface area contributed by atoms with Crippen LogP contribution in [0.15, 0.2) is 24.3 Å². The van der Waals surface area contributed by atoms with Crippen molar-refractivity contribution in [2.45, 2.75) is 37.5 Å². The molecule has 1 aromatic rings. The van der Waals surface area contributed by atoms with Crippen molar-refractivity contribution in [2.24, 2.45) is 0 Å². The van der Waals surface area contributed by atoms with Crippen molar-refractivity contribution in [2.75, 3.05) is 24.6 Å². The zero-order valence-corrected chi connectivity index (χ0v) is 10.4. The Kier molecular flexibility index (Phi) is 2.83. The van der Waals surface area contributed by atoms with Gasteiger partial charge in [0.15, 0.2) is 0 Å². The molecule has 17 heavy (non-hydrogen) atoms. The van der Waals surface area contributed by atoms with Crippen LogP contribution in [0, 0.1) is 0 Å². The summed E-state index contributed by atoms with van der Waals surface area (Å²) in [4.78, 5) is 2.45. The van der Waals surface area contributed by atoms with Crippen LogP contribution in [0.2, 0.25) is 0 Å². The Morgan fingerprint density at radius 2 is 1.65 bits per heavy atom. The van der Waals surface area contributed by atoms with Gasteiger partial charge >= 0.3 is 0 Å². The number of hydrogen-bond donors (Lipinski definition) is 1. The molecule has 0 radical (unpaired) electrons. The first-order chi connectivity index (χ1) is 8.34. The molecule has 1 heterocycles. The average Bonchev–Trinajstić information content (AvgIpc) is 2.83. The molecule has 0 bridgehead atoms. The summed E-state index contributed by atoms with van der Waals surface area (Å²) >= 11 is 0. The first kappa shape index (κ1) is 11.1. The summed E-state index contributed by atoms with van der Waals surface area (Å²) in [5, 5.41) is 9.56. The van der Waals surface area contributed by atoms with E-state index in [-0.39, 0.29) is 5.41 Å². The van der Waals surface area contributed by atoms with E-state index in [0.29, 0.717) is 6.61 Å². The molecule has 2 aliphatic rings. The second-order valence-electron chi connectivity index (χ2n) is 5.53. The van der Waals surface area contributed by atoms with Crippen LogP contribution in [0.1, 0.15) is 37.7 Å². The van der Waals surface area contributed by atoms with E-state index in [9.17, 15) is 5.11 Å². The van der Waals surface area contributed by atoms with Gasteiger partial charge in [0.1, 0.15) is 0 Å². The lowest BCUT2D eigenvalue weighted by Gasteiger charge is -2.41. The first-order valence-corrected chi connectivity index (χ1v) is 6.80. The van der Waals surface area contributed by atoms with Crippen LogP contribution in [-0.2, 0) is 5.41 Å². The Morgan fingerprint density at radius 1 is 1.00 bits per heavy atom. The molecule has 0 amide bonds. The molecule has 1 aliphatic heterocycles. The molecule has 1 saturated heterocycles. The maximum atomic E-state index is 9.56. The lowest BCUT2D eigenvalue weighted by atomic mass is 9.65. The van der Waals surface area contributed by atoms with Crippen molar-refractivity contribution in [3.8, 4) is 0 Å². The van der Waals surface area contributed by atoms with Crippen molar-refractivity contribution in [1.82, 2.24) is 0 Å². The Morgan fingerprint density at radius 3 is 2.12 bits per heavy atom. The van der Waals surface area contributed by atoms with Gasteiger partial charge in [-0.05, 0) is 43.4 Å². The fourth-order valence-electron chi connectivity index (χ4n) is 3.14. The number of nitrogens with zero attached hydrogens (tertiary/aromatic N) is 1. The van der Waals surface area contributed by atoms with Gasteiger partial charge in [-0.1, -0.05) is 18.6 Å². The number of aliphatic hydroxyl groups is 1. The van der Waals surface area contributed by atoms with Crippen LogP contribution in [0.4, 0.5) is 5.69 Å². The fourth-order valence-corrected chi connectivity index (χ4v) is 3.14. The lowest BCUT2D eigenvalue weighted by molar-refractivity contribution is 0.120. The smallest absolute Gasteiger partial charge is 0.0527 e. The van der Waals surface area contributed by atoms with E-state index in [1.807, 2.05) is 0 Å². The van der Waals surface area contributed by atoms with Crippen molar-refractivity contribution in [1.29, 1.82) is 0 Å². The molecule has 0 spiro atoms. The molecule has 1 aliphatic carbocycles. The van der Waals surface area contributed by atoms with Gasteiger partial charge in [-0.2, -0.15) is 0 Å². The standard InChI is InChI=1S/C15H21NO/c17-12-15(8-3-9-15)13-4-6-14(7-5-13)16-10-1-2-11-16/h4-7,17H,1-3,8-12H2. The molecule has 1 saturated carbocycles. The average molecular weight is 231 g/mol. The molecule has 2 nitrogen and oxygen atoms in total. The summed E-state index contributed by atoms with van der Waals surface area (Å²) in [6.45, 7) is 2.70. The van der Waals surface area contributed by atoms with Crippen molar-refractivity contribution < 1.29 is 5.11 Å². The Hall–Kier alpha value is -1.02. The highest BCUT2D eigenvalue weighted by Gasteiger charge is 2.37. The van der Waals surface area contributed by atoms with E-state index in [1.54, 1.807) is 0 Å². The van der Waals surface area contributed by atoms with Gasteiger partial charge in [-0.3, -0.25) is 0 Å². The van der Waals surface area contributed by atoms with Crippen molar-refractivity contribution >= 4 is 5.69 Å². The molecular formula is C15H21NO. The summed E-state index contributed by atoms with van der Waals surface area (Å²) in [5.41, 5.74) is 2.76. The molecule has 2 fully saturated rings. The quantitative estimate of drug-likeness (QED) is 0.864. The van der Waals surface area contributed by atoms with Crippen LogP contribution in [-0.4, -0.2) is 24.8 Å². The summed E-state index contributed by atoms with van der Waals surface area (Å²) in [7, 11) is 0. The zero-order chi connectivity index (χ0) is 11.7. The molecule has 92 valence electrons. The molecule has 2 heteroatoms. The Balaban J connectivity index is 1.79. The van der Waals surface area contributed by atoms with Gasteiger partial charge in [0, 0.05) is 24.2 Å². The second-order valence-corrected chi connectivity index (χ2v) is 5.53. The normalized spacial score (nSPS) is 22.5. The third-order valence-electron chi connectivity index (χ3n) is 4.56. The molecular weight excluding hydrogens is 210 g/mol. The predicted molar refractivity (Wildman–Crippen MR) is 70.5 cm³/mol. The second kappa shape index (κ2) is 4.34. The van der Waals surface area contributed by atoms with E-state index in [0.717, 1.165) is 12.8 Å². The number of rotatable bonds is 3. The van der Waals surface area contributed by atoms with Crippen LogP contribution >= 0.6 is 0 Å². The minimum Gasteiger partial charge on any atom is -0.395 e. The number of hydrogen-bond acceptors (Lipinski definition) is 2. The maximum Gasteiger partial charge on any atom is 0.0527 e. The number of benzene rings is 1. The maximum absolute atomic E-state index is 9.56. The molecule has 0 aromatic heterocycles. The monoisotopic (exact) mass is 231 g/mol. The summed E-state index contributed by atoms with van der Waals surface area (Å²) in [6.07, 6.45) is 6.19. The number of anilines is 1. The minimum absolute atomic E-state index is 0.0868. The third kappa shape index (κ3) is 1.85. The van der Waals surface area contributed by atoms with Gasteiger partial charge in [0.25, 0.3) is 0 Å². The summed E-state index contributed by atoms with van der Waals surface area (Å²) < 4.78 is 0. The van der Waals surface area contributed by atoms with Crippen LogP contribution in [0.5, 0.6) is 0 Å². The van der Waals surface area contributed by atoms with E-state index in [1.165, 1.54) is 43.6 Å². The summed E-state index contributed by atoms with van der Waals surface area (Å²) in [5.74, 6) is 0. The fraction of sp³-hybridized carbons (Fsp3) is 0.600. The SMILES string of the molecule is OCC1(c2ccc(N3CCCC3)cc2)CCC1. The minimum atomic E-state index is 0.0868. The topological polar surface area (TPSA) is 23.5 Å². The van der Waals surface area contributed by atoms with Crippen LogP contribution in [0.25, 0.3) is 0 Å². The van der Waals surface area contributed by atoms with Gasteiger partial charge in [-0.15, -0.1) is 0 Å². The van der Waals surface area contributed by atoms with Gasteiger partial charge in [0.2, 0.25) is 0 Å². The van der Waals surface area contributed by atoms with Gasteiger partial charge < -0.3 is 10.0 Å². The van der Waals surface area contributed by atoms with E-state index in [4.69, 9.17) is 0 Å². The highest BCUT2D eigenvalue weighted by Crippen LogP contribution is 2.43. The molecule has 1 aromatic carbocycles. The largest absolute Gasteiger partial charge is 0.395 e. The van der Waals surface area contributed by atoms with E-state index < -0.39 is 0 Å². The van der Waals surface area contributed by atoms with E-state index >= 15 is 0 Å². The molecule has 1 N–H and O–H groups in total. The lowest BCUT2D eigenvalue weighted by Crippen LogP contribution is -2.37. The molecule has 0 atom stereocenters. The van der Waals surface area contributed by atoms with E-state index in [2.05, 4.69) is 29.2 Å². The van der Waals surface area contributed by atoms with Gasteiger partial charge in [0.05, 0.1) is 6.61 Å². The highest BCUT2D eigenvalue weighted by molar-refractivity contribution is 5.49. The first-order valence-electron chi connectivity index (χ1n) is 6.80. The molecule has 3 rings (SSSR count). The Labute approximate surface area is 103 Å². The van der Waals surface area contributed by atoms with Crippen LogP contribution < -0.4 is 4.90 Å². The van der Waals surface area contributed by atoms with Crippen molar-refractivity contribution in [3.63, 3.8) is 0 Å². The predicted octanol–water partition coefficient (Wildman–Crippen LogP) is 2.70. The molecule has 0 unspecified atom stereocenters. The highest BCUT2D eigenvalue weighted by atomic mass is 16.3. The summed E-state index contributed by atoms with van der Waals surface area (Å²) in [6, 6.07) is 8.92. The number of aliphatic hydroxyl groups excluding tert-OH is 1. The van der Waals surface area contributed by atoms with Crippen molar-refractivity contribution in [3.05, 3.63) is 29.8 Å². The third-order valence-corrected chi connectivity index (χ3v) is 4.56.